The summed E-state index contributed by atoms with van der Waals surface area (Å²) in [4.78, 5) is 3.86. The van der Waals surface area contributed by atoms with Crippen LogP contribution in [0.2, 0.25) is 4.34 Å². The highest BCUT2D eigenvalue weighted by molar-refractivity contribution is 7.16. The SMILES string of the molecule is CCC(CC)C(CNC1CCc2sc(Cl)cc21)N(C)C. The van der Waals surface area contributed by atoms with Gasteiger partial charge in [0.05, 0.1) is 4.34 Å². The van der Waals surface area contributed by atoms with E-state index in [4.69, 9.17) is 11.6 Å². The number of rotatable bonds is 7. The van der Waals surface area contributed by atoms with Crippen molar-refractivity contribution in [3.8, 4) is 0 Å². The zero-order valence-corrected chi connectivity index (χ0v) is 14.7. The van der Waals surface area contributed by atoms with Gasteiger partial charge in [-0.2, -0.15) is 0 Å². The van der Waals surface area contributed by atoms with Crippen molar-refractivity contribution < 1.29 is 0 Å². The van der Waals surface area contributed by atoms with E-state index in [1.165, 1.54) is 36.1 Å². The summed E-state index contributed by atoms with van der Waals surface area (Å²) < 4.78 is 0.936. The molecule has 2 nitrogen and oxygen atoms in total. The van der Waals surface area contributed by atoms with Crippen LogP contribution in [0.25, 0.3) is 0 Å². The van der Waals surface area contributed by atoms with Crippen LogP contribution in [0.5, 0.6) is 0 Å². The lowest BCUT2D eigenvalue weighted by molar-refractivity contribution is 0.189. The number of fused-ring (bicyclic) bond motifs is 1. The van der Waals surface area contributed by atoms with Crippen molar-refractivity contribution in [2.45, 2.75) is 51.6 Å². The predicted octanol–water partition coefficient (Wildman–Crippen LogP) is 4.34. The molecule has 2 unspecified atom stereocenters. The molecule has 0 amide bonds. The monoisotopic (exact) mass is 314 g/mol. The van der Waals surface area contributed by atoms with E-state index in [-0.39, 0.29) is 0 Å². The van der Waals surface area contributed by atoms with Crippen LogP contribution in [0.15, 0.2) is 6.07 Å². The largest absolute Gasteiger partial charge is 0.308 e. The Labute approximate surface area is 132 Å². The predicted molar refractivity (Wildman–Crippen MR) is 89.9 cm³/mol. The second-order valence-electron chi connectivity index (χ2n) is 6.04. The first-order chi connectivity index (χ1) is 9.56. The van der Waals surface area contributed by atoms with Crippen molar-refractivity contribution >= 4 is 22.9 Å². The van der Waals surface area contributed by atoms with Crippen molar-refractivity contribution in [3.63, 3.8) is 0 Å². The van der Waals surface area contributed by atoms with Gasteiger partial charge in [-0.15, -0.1) is 11.3 Å². The van der Waals surface area contributed by atoms with E-state index in [0.29, 0.717) is 12.1 Å². The Morgan fingerprint density at radius 2 is 2.10 bits per heavy atom. The molecule has 1 N–H and O–H groups in total. The van der Waals surface area contributed by atoms with Crippen LogP contribution in [0.1, 0.15) is 49.6 Å². The summed E-state index contributed by atoms with van der Waals surface area (Å²) in [6, 6.07) is 3.28. The molecule has 114 valence electrons. The number of likely N-dealkylation sites (N-methyl/N-ethyl adjacent to an activating group) is 1. The highest BCUT2D eigenvalue weighted by Gasteiger charge is 2.27. The third-order valence-corrected chi connectivity index (χ3v) is 6.02. The minimum Gasteiger partial charge on any atom is -0.308 e. The fourth-order valence-electron chi connectivity index (χ4n) is 3.41. The Bertz CT molecular complexity index is 426. The zero-order chi connectivity index (χ0) is 14.7. The van der Waals surface area contributed by atoms with Gasteiger partial charge < -0.3 is 10.2 Å². The van der Waals surface area contributed by atoms with Gasteiger partial charge in [0.2, 0.25) is 0 Å². The smallest absolute Gasteiger partial charge is 0.0934 e. The lowest BCUT2D eigenvalue weighted by atomic mass is 9.93. The number of halogens is 1. The molecule has 0 radical (unpaired) electrons. The van der Waals surface area contributed by atoms with E-state index in [9.17, 15) is 0 Å². The quantitative estimate of drug-likeness (QED) is 0.805. The van der Waals surface area contributed by atoms with Crippen molar-refractivity contribution in [1.82, 2.24) is 10.2 Å². The topological polar surface area (TPSA) is 15.3 Å². The normalized spacial score (nSPS) is 19.9. The third kappa shape index (κ3) is 3.56. The van der Waals surface area contributed by atoms with Crippen molar-refractivity contribution in [2.75, 3.05) is 20.6 Å². The maximum Gasteiger partial charge on any atom is 0.0934 e. The summed E-state index contributed by atoms with van der Waals surface area (Å²) in [5.74, 6) is 0.768. The summed E-state index contributed by atoms with van der Waals surface area (Å²) in [5, 5.41) is 3.79. The first-order valence-corrected chi connectivity index (χ1v) is 8.94. The molecule has 1 aromatic rings. The van der Waals surface area contributed by atoms with Gasteiger partial charge in [0.1, 0.15) is 0 Å². The molecule has 0 bridgehead atoms. The van der Waals surface area contributed by atoms with Crippen molar-refractivity contribution in [1.29, 1.82) is 0 Å². The highest BCUT2D eigenvalue weighted by Crippen LogP contribution is 2.39. The molecule has 1 aromatic heterocycles. The molecule has 0 fully saturated rings. The van der Waals surface area contributed by atoms with Gasteiger partial charge in [0.25, 0.3) is 0 Å². The van der Waals surface area contributed by atoms with Gasteiger partial charge in [0.15, 0.2) is 0 Å². The molecule has 2 atom stereocenters. The van der Waals surface area contributed by atoms with Crippen LogP contribution in [-0.4, -0.2) is 31.6 Å². The number of hydrogen-bond acceptors (Lipinski definition) is 3. The molecule has 2 rings (SSSR count). The van der Waals surface area contributed by atoms with E-state index in [2.05, 4.69) is 44.2 Å². The first kappa shape index (κ1) is 16.3. The number of nitrogens with one attached hydrogen (secondary N) is 1. The van der Waals surface area contributed by atoms with Crippen LogP contribution in [0, 0.1) is 5.92 Å². The number of aryl methyl sites for hydroxylation is 1. The zero-order valence-electron chi connectivity index (χ0n) is 13.1. The lowest BCUT2D eigenvalue weighted by Crippen LogP contribution is -2.43. The standard InChI is InChI=1S/C16H27ClN2S/c1-5-11(6-2)14(19(3)4)10-18-13-7-8-15-12(13)9-16(17)20-15/h9,11,13-14,18H,5-8,10H2,1-4H3. The minimum atomic E-state index is 0.505. The molecule has 0 saturated carbocycles. The van der Waals surface area contributed by atoms with Crippen LogP contribution in [-0.2, 0) is 6.42 Å². The second kappa shape index (κ2) is 7.26. The molecule has 1 aliphatic rings. The van der Waals surface area contributed by atoms with Crippen LogP contribution in [0.3, 0.4) is 0 Å². The average molecular weight is 315 g/mol. The molecule has 1 aliphatic carbocycles. The molecule has 0 spiro atoms. The Kier molecular flexibility index (Phi) is 5.91. The highest BCUT2D eigenvalue weighted by atomic mass is 35.5. The Morgan fingerprint density at radius 3 is 2.70 bits per heavy atom. The second-order valence-corrected chi connectivity index (χ2v) is 7.80. The minimum absolute atomic E-state index is 0.505. The molecular weight excluding hydrogens is 288 g/mol. The van der Waals surface area contributed by atoms with Gasteiger partial charge in [-0.1, -0.05) is 38.3 Å². The van der Waals surface area contributed by atoms with Gasteiger partial charge in [-0.05, 0) is 44.5 Å². The van der Waals surface area contributed by atoms with Gasteiger partial charge in [-0.3, -0.25) is 0 Å². The Balaban J connectivity index is 1.96. The maximum atomic E-state index is 6.13. The summed E-state index contributed by atoms with van der Waals surface area (Å²) in [6.07, 6.45) is 4.91. The van der Waals surface area contributed by atoms with Crippen molar-refractivity contribution in [2.24, 2.45) is 5.92 Å². The fraction of sp³-hybridized carbons (Fsp3) is 0.750. The van der Waals surface area contributed by atoms with Crippen LogP contribution < -0.4 is 5.32 Å². The van der Waals surface area contributed by atoms with Gasteiger partial charge in [-0.25, -0.2) is 0 Å². The number of nitrogens with zero attached hydrogens (tertiary/aromatic N) is 1. The summed E-state index contributed by atoms with van der Waals surface area (Å²) in [7, 11) is 4.40. The summed E-state index contributed by atoms with van der Waals surface area (Å²) >= 11 is 7.89. The van der Waals surface area contributed by atoms with E-state index >= 15 is 0 Å². The molecule has 0 aromatic carbocycles. The average Bonchev–Trinajstić information content (AvgIpc) is 2.94. The molecule has 20 heavy (non-hydrogen) atoms. The number of hydrogen-bond donors (Lipinski definition) is 1. The first-order valence-electron chi connectivity index (χ1n) is 7.74. The maximum absolute atomic E-state index is 6.13. The fourth-order valence-corrected chi connectivity index (χ4v) is 4.77. The Morgan fingerprint density at radius 1 is 1.40 bits per heavy atom. The van der Waals surface area contributed by atoms with Gasteiger partial charge in [0, 0.05) is 23.5 Å². The van der Waals surface area contributed by atoms with Crippen molar-refractivity contribution in [3.05, 3.63) is 20.8 Å². The third-order valence-electron chi connectivity index (χ3n) is 4.68. The molecule has 0 saturated heterocycles. The molecular formula is C16H27ClN2S. The number of thiophene rings is 1. The molecule has 0 aliphatic heterocycles. The van der Waals surface area contributed by atoms with Crippen LogP contribution >= 0.6 is 22.9 Å². The van der Waals surface area contributed by atoms with E-state index in [1.807, 2.05) is 0 Å². The van der Waals surface area contributed by atoms with E-state index < -0.39 is 0 Å². The van der Waals surface area contributed by atoms with Crippen LogP contribution in [0.4, 0.5) is 0 Å². The Hall–Kier alpha value is -0.0900. The summed E-state index contributed by atoms with van der Waals surface area (Å²) in [5.41, 5.74) is 1.45. The van der Waals surface area contributed by atoms with E-state index in [1.54, 1.807) is 11.3 Å². The van der Waals surface area contributed by atoms with E-state index in [0.717, 1.165) is 16.8 Å². The molecule has 4 heteroatoms. The summed E-state index contributed by atoms with van der Waals surface area (Å²) in [6.45, 7) is 5.67. The lowest BCUT2D eigenvalue weighted by Gasteiger charge is -2.32. The van der Waals surface area contributed by atoms with Gasteiger partial charge >= 0.3 is 0 Å². The molecule has 1 heterocycles.